The largest absolute Gasteiger partial charge is 0.356 e. The van der Waals surface area contributed by atoms with Crippen LogP contribution in [0.15, 0.2) is 0 Å². The summed E-state index contributed by atoms with van der Waals surface area (Å²) in [6.45, 7) is 13.4. The molecule has 0 aromatic carbocycles. The van der Waals surface area contributed by atoms with E-state index in [1.165, 1.54) is 6.92 Å². The van der Waals surface area contributed by atoms with Crippen molar-refractivity contribution < 1.29 is 19.2 Å². The smallest absolute Gasteiger partial charge is 0.239 e. The summed E-state index contributed by atoms with van der Waals surface area (Å²) in [5.41, 5.74) is 0. The molecule has 0 rings (SSSR count). The first-order valence-electron chi connectivity index (χ1n) is 11.1. The molecule has 0 aromatic heterocycles. The fraction of sp³-hybridized carbons (Fsp3) is 0.818. The second kappa shape index (κ2) is 14.9. The van der Waals surface area contributed by atoms with Crippen molar-refractivity contribution in [2.45, 2.75) is 92.3 Å². The van der Waals surface area contributed by atoms with Crippen molar-refractivity contribution >= 4 is 23.5 Å². The Morgan fingerprint density at radius 3 is 2.03 bits per heavy atom. The molecular formula is C22H42N4O4. The van der Waals surface area contributed by atoms with Crippen LogP contribution in [-0.2, 0) is 19.2 Å². The van der Waals surface area contributed by atoms with Gasteiger partial charge in [-0.3, -0.25) is 19.2 Å². The summed E-state index contributed by atoms with van der Waals surface area (Å²) in [7, 11) is 0. The van der Waals surface area contributed by atoms with Gasteiger partial charge in [-0.15, -0.1) is 0 Å². The molecule has 30 heavy (non-hydrogen) atoms. The van der Waals surface area contributed by atoms with Gasteiger partial charge in [-0.25, -0.2) is 0 Å². The van der Waals surface area contributed by atoms with Gasteiger partial charge < -0.3 is 21.3 Å². The Morgan fingerprint density at radius 1 is 0.900 bits per heavy atom. The van der Waals surface area contributed by atoms with E-state index in [0.717, 1.165) is 12.8 Å². The topological polar surface area (TPSA) is 116 Å². The summed E-state index contributed by atoms with van der Waals surface area (Å²) in [6, 6.07) is -0.815. The molecule has 0 aliphatic rings. The summed E-state index contributed by atoms with van der Waals surface area (Å²) in [5, 5.41) is 11.4. The van der Waals surface area contributed by atoms with Gasteiger partial charge in [0.25, 0.3) is 0 Å². The first-order valence-corrected chi connectivity index (χ1v) is 11.1. The van der Waals surface area contributed by atoms with E-state index in [2.05, 4.69) is 21.3 Å². The number of amides is 3. The molecule has 174 valence electrons. The molecule has 0 saturated carbocycles. The van der Waals surface area contributed by atoms with Crippen LogP contribution in [0.1, 0.15) is 74.1 Å². The Hall–Kier alpha value is -1.96. The number of Topliss-reactive ketones (excluding diaryl/α,β-unsaturated/α-hetero) is 1. The minimum Gasteiger partial charge on any atom is -0.356 e. The zero-order valence-electron chi connectivity index (χ0n) is 19.8. The molecule has 8 heteroatoms. The standard InChI is InChI=1S/C22H42N4O4/c1-8-16(6)20(25-15(4)5)22(30)24-13-19(28)26-18(21(29)14(2)3)11-9-10-12-23-17(7)27/h14-16,18,20,25H,8-13H2,1-7H3,(H,23,27)(H,24,30)(H,26,28)/t16?,18-,20-/m0/s1. The number of hydrogen-bond acceptors (Lipinski definition) is 5. The van der Waals surface area contributed by atoms with Crippen molar-refractivity contribution in [3.63, 3.8) is 0 Å². The Kier molecular flexibility index (Phi) is 14.0. The van der Waals surface area contributed by atoms with E-state index in [9.17, 15) is 19.2 Å². The number of ketones is 1. The van der Waals surface area contributed by atoms with Gasteiger partial charge >= 0.3 is 0 Å². The predicted octanol–water partition coefficient (Wildman–Crippen LogP) is 1.53. The molecule has 0 saturated heterocycles. The average molecular weight is 427 g/mol. The van der Waals surface area contributed by atoms with E-state index in [1.807, 2.05) is 27.7 Å². The molecule has 4 N–H and O–H groups in total. The fourth-order valence-corrected chi connectivity index (χ4v) is 3.04. The minimum absolute atomic E-state index is 0.0341. The van der Waals surface area contributed by atoms with Crippen molar-refractivity contribution in [1.29, 1.82) is 0 Å². The Balaban J connectivity index is 4.72. The van der Waals surface area contributed by atoms with Gasteiger partial charge in [-0.1, -0.05) is 48.0 Å². The van der Waals surface area contributed by atoms with E-state index in [-0.39, 0.29) is 54.0 Å². The molecule has 8 nitrogen and oxygen atoms in total. The molecule has 0 aromatic rings. The second-order valence-electron chi connectivity index (χ2n) is 8.56. The van der Waals surface area contributed by atoms with Crippen LogP contribution < -0.4 is 21.3 Å². The Labute approximate surface area is 181 Å². The molecule has 0 aliphatic carbocycles. The molecule has 0 heterocycles. The third kappa shape index (κ3) is 11.9. The first kappa shape index (κ1) is 28.0. The van der Waals surface area contributed by atoms with E-state index >= 15 is 0 Å². The Bertz CT molecular complexity index is 563. The lowest BCUT2D eigenvalue weighted by atomic mass is 9.97. The summed E-state index contributed by atoms with van der Waals surface area (Å²) in [5.74, 6) is -0.781. The zero-order chi connectivity index (χ0) is 23.3. The van der Waals surface area contributed by atoms with Gasteiger partial charge in [-0.05, 0) is 25.2 Å². The highest BCUT2D eigenvalue weighted by Crippen LogP contribution is 2.10. The Morgan fingerprint density at radius 2 is 1.53 bits per heavy atom. The number of nitrogens with one attached hydrogen (secondary N) is 4. The van der Waals surface area contributed by atoms with E-state index in [0.29, 0.717) is 19.4 Å². The molecule has 3 amide bonds. The lowest BCUT2D eigenvalue weighted by Crippen LogP contribution is -2.53. The maximum Gasteiger partial charge on any atom is 0.239 e. The zero-order valence-corrected chi connectivity index (χ0v) is 19.8. The maximum atomic E-state index is 12.6. The van der Waals surface area contributed by atoms with Crippen molar-refractivity contribution in [3.05, 3.63) is 0 Å². The van der Waals surface area contributed by atoms with Crippen LogP contribution in [0.4, 0.5) is 0 Å². The second-order valence-corrected chi connectivity index (χ2v) is 8.56. The van der Waals surface area contributed by atoms with E-state index in [1.54, 1.807) is 13.8 Å². The monoisotopic (exact) mass is 426 g/mol. The van der Waals surface area contributed by atoms with Crippen LogP contribution in [0.5, 0.6) is 0 Å². The normalized spacial score (nSPS) is 14.2. The van der Waals surface area contributed by atoms with Gasteiger partial charge in [0.05, 0.1) is 18.6 Å². The van der Waals surface area contributed by atoms with Gasteiger partial charge in [-0.2, -0.15) is 0 Å². The van der Waals surface area contributed by atoms with Gasteiger partial charge in [0, 0.05) is 25.4 Å². The number of carbonyl (C=O) groups excluding carboxylic acids is 4. The SMILES string of the molecule is CCC(C)[C@H](NC(C)C)C(=O)NCC(=O)N[C@@H](CCCCNC(C)=O)C(=O)C(C)C. The van der Waals surface area contributed by atoms with Crippen molar-refractivity contribution in [3.8, 4) is 0 Å². The fourth-order valence-electron chi connectivity index (χ4n) is 3.04. The van der Waals surface area contributed by atoms with Gasteiger partial charge in [0.2, 0.25) is 17.7 Å². The lowest BCUT2D eigenvalue weighted by molar-refractivity contribution is -0.131. The lowest BCUT2D eigenvalue weighted by Gasteiger charge is -2.26. The average Bonchev–Trinajstić information content (AvgIpc) is 2.67. The van der Waals surface area contributed by atoms with Crippen LogP contribution in [0, 0.1) is 11.8 Å². The first-order chi connectivity index (χ1) is 14.0. The molecule has 0 spiro atoms. The molecule has 3 atom stereocenters. The van der Waals surface area contributed by atoms with Crippen molar-refractivity contribution in [2.24, 2.45) is 11.8 Å². The highest BCUT2D eigenvalue weighted by atomic mass is 16.2. The molecule has 0 fully saturated rings. The highest BCUT2D eigenvalue weighted by molar-refractivity contribution is 5.92. The summed E-state index contributed by atoms with van der Waals surface area (Å²) < 4.78 is 0. The number of rotatable bonds is 15. The van der Waals surface area contributed by atoms with E-state index in [4.69, 9.17) is 0 Å². The van der Waals surface area contributed by atoms with Gasteiger partial charge in [0.1, 0.15) is 0 Å². The summed E-state index contributed by atoms with van der Waals surface area (Å²) in [4.78, 5) is 48.3. The van der Waals surface area contributed by atoms with Gasteiger partial charge in [0.15, 0.2) is 5.78 Å². The van der Waals surface area contributed by atoms with Crippen LogP contribution in [-0.4, -0.2) is 54.7 Å². The minimum atomic E-state index is -0.592. The van der Waals surface area contributed by atoms with Crippen molar-refractivity contribution in [1.82, 2.24) is 21.3 Å². The van der Waals surface area contributed by atoms with Crippen LogP contribution in [0.2, 0.25) is 0 Å². The van der Waals surface area contributed by atoms with Crippen molar-refractivity contribution in [2.75, 3.05) is 13.1 Å². The van der Waals surface area contributed by atoms with E-state index < -0.39 is 6.04 Å². The molecule has 0 radical (unpaired) electrons. The third-order valence-corrected chi connectivity index (χ3v) is 4.97. The summed E-state index contributed by atoms with van der Waals surface area (Å²) in [6.07, 6.45) is 2.77. The molecular weight excluding hydrogens is 384 g/mol. The summed E-state index contributed by atoms with van der Waals surface area (Å²) >= 11 is 0. The number of carbonyl (C=O) groups is 4. The molecule has 0 aliphatic heterocycles. The number of hydrogen-bond donors (Lipinski definition) is 4. The molecule has 0 bridgehead atoms. The highest BCUT2D eigenvalue weighted by Gasteiger charge is 2.26. The quantitative estimate of drug-likeness (QED) is 0.296. The molecule has 1 unspecified atom stereocenters. The van der Waals surface area contributed by atoms with Crippen LogP contribution in [0.3, 0.4) is 0 Å². The number of unbranched alkanes of at least 4 members (excludes halogenated alkanes) is 1. The third-order valence-electron chi connectivity index (χ3n) is 4.97. The maximum absolute atomic E-state index is 12.6. The van der Waals surface area contributed by atoms with Crippen LogP contribution in [0.25, 0.3) is 0 Å². The van der Waals surface area contributed by atoms with Crippen LogP contribution >= 0.6 is 0 Å². The predicted molar refractivity (Wildman–Crippen MR) is 119 cm³/mol.